The van der Waals surface area contributed by atoms with Gasteiger partial charge in [-0.25, -0.2) is 8.61 Å². The average molecular weight is 647 g/mol. The first-order chi connectivity index (χ1) is 21.5. The Hall–Kier alpha value is -1.54. The van der Waals surface area contributed by atoms with Gasteiger partial charge in [0, 0.05) is 29.2 Å². The second kappa shape index (κ2) is 22.1. The van der Waals surface area contributed by atoms with Gasteiger partial charge in [0.25, 0.3) is 23.6 Å². The van der Waals surface area contributed by atoms with Crippen molar-refractivity contribution in [2.45, 2.75) is 174 Å². The fourth-order valence-corrected chi connectivity index (χ4v) is 8.59. The first-order valence-corrected chi connectivity index (χ1v) is 20.2. The summed E-state index contributed by atoms with van der Waals surface area (Å²) in [5.41, 5.74) is 0.701. The normalized spacial score (nSPS) is 16.9. The Kier molecular flexibility index (Phi) is 18.5. The summed E-state index contributed by atoms with van der Waals surface area (Å²) < 4.78 is 2.10. The summed E-state index contributed by atoms with van der Waals surface area (Å²) >= 11 is 0. The highest BCUT2D eigenvalue weighted by molar-refractivity contribution is 8.75. The lowest BCUT2D eigenvalue weighted by molar-refractivity contribution is -0.132. The van der Waals surface area contributed by atoms with Gasteiger partial charge in [0.2, 0.25) is 0 Å². The Morgan fingerprint density at radius 2 is 0.727 bits per heavy atom. The number of carbonyl (C=O) groups is 4. The van der Waals surface area contributed by atoms with Gasteiger partial charge < -0.3 is 0 Å². The standard InChI is InChI=1S/C36H58N2O4S2/c1-2-3-4-5-6-7-8-9-10-11-12-13-14-15-16-17-18-19-20-21-22-23-24-25-26-27-30-31-28-33(39)37(35(31)41)43-44-38-34(40)29-32(30)36(38)42/h28-30H,2-27H2,1H3. The van der Waals surface area contributed by atoms with Crippen LogP contribution < -0.4 is 0 Å². The van der Waals surface area contributed by atoms with Gasteiger partial charge in [-0.05, 0) is 6.42 Å². The summed E-state index contributed by atoms with van der Waals surface area (Å²) in [7, 11) is 1.68. The number of rotatable bonds is 26. The molecule has 248 valence electrons. The largest absolute Gasteiger partial charge is 0.268 e. The quantitative estimate of drug-likeness (QED) is 0.0403. The molecule has 3 aliphatic heterocycles. The predicted molar refractivity (Wildman–Crippen MR) is 184 cm³/mol. The summed E-state index contributed by atoms with van der Waals surface area (Å²) in [5.74, 6) is -1.96. The number of carbonyl (C=O) groups excluding carboxylic acids is 4. The lowest BCUT2D eigenvalue weighted by atomic mass is 9.86. The van der Waals surface area contributed by atoms with Crippen LogP contribution in [0.4, 0.5) is 0 Å². The van der Waals surface area contributed by atoms with E-state index in [-0.39, 0.29) is 23.6 Å². The second-order valence-electron chi connectivity index (χ2n) is 13.1. The van der Waals surface area contributed by atoms with Crippen LogP contribution in [-0.4, -0.2) is 32.2 Å². The Morgan fingerprint density at radius 3 is 1.02 bits per heavy atom. The van der Waals surface area contributed by atoms with E-state index in [4.69, 9.17) is 0 Å². The predicted octanol–water partition coefficient (Wildman–Crippen LogP) is 10.6. The highest BCUT2D eigenvalue weighted by atomic mass is 33.1. The minimum absolute atomic E-state index is 0.351. The van der Waals surface area contributed by atoms with E-state index in [2.05, 4.69) is 6.92 Å². The smallest absolute Gasteiger partial charge is 0.268 e. The van der Waals surface area contributed by atoms with Crippen molar-refractivity contribution in [3.8, 4) is 0 Å². The Morgan fingerprint density at radius 1 is 0.455 bits per heavy atom. The van der Waals surface area contributed by atoms with Crippen molar-refractivity contribution in [2.24, 2.45) is 5.92 Å². The molecule has 0 saturated carbocycles. The number of amides is 4. The van der Waals surface area contributed by atoms with Gasteiger partial charge in [-0.2, -0.15) is 0 Å². The van der Waals surface area contributed by atoms with Gasteiger partial charge in [0.05, 0.1) is 22.0 Å². The number of imide groups is 2. The van der Waals surface area contributed by atoms with E-state index in [0.717, 1.165) is 49.8 Å². The van der Waals surface area contributed by atoms with Gasteiger partial charge in [-0.15, -0.1) is 0 Å². The van der Waals surface area contributed by atoms with Gasteiger partial charge >= 0.3 is 0 Å². The molecule has 44 heavy (non-hydrogen) atoms. The van der Waals surface area contributed by atoms with Crippen molar-refractivity contribution < 1.29 is 19.2 Å². The van der Waals surface area contributed by atoms with Crippen LogP contribution in [0.5, 0.6) is 0 Å². The van der Waals surface area contributed by atoms with E-state index in [0.29, 0.717) is 17.6 Å². The highest BCUT2D eigenvalue weighted by Crippen LogP contribution is 2.44. The molecular weight excluding hydrogens is 589 g/mol. The van der Waals surface area contributed by atoms with Crippen LogP contribution in [0.3, 0.4) is 0 Å². The first-order valence-electron chi connectivity index (χ1n) is 18.1. The van der Waals surface area contributed by atoms with Crippen molar-refractivity contribution in [2.75, 3.05) is 0 Å². The van der Waals surface area contributed by atoms with Gasteiger partial charge in [0.1, 0.15) is 0 Å². The summed E-state index contributed by atoms with van der Waals surface area (Å²) in [4.78, 5) is 50.2. The molecule has 0 aromatic heterocycles. The average Bonchev–Trinajstić information content (AvgIpc) is 3.46. The van der Waals surface area contributed by atoms with Crippen LogP contribution in [0.1, 0.15) is 174 Å². The molecule has 8 heteroatoms. The first kappa shape index (κ1) is 36.9. The van der Waals surface area contributed by atoms with Crippen molar-refractivity contribution >= 4 is 45.6 Å². The lowest BCUT2D eigenvalue weighted by Gasteiger charge is -2.17. The molecule has 0 atom stereocenters. The maximum Gasteiger partial charge on any atom is 0.268 e. The summed E-state index contributed by atoms with van der Waals surface area (Å²) in [5, 5.41) is 0. The number of unbranched alkanes of at least 4 members (excludes halogenated alkanes) is 24. The van der Waals surface area contributed by atoms with E-state index in [1.165, 1.54) is 153 Å². The molecule has 6 nitrogen and oxygen atoms in total. The Bertz CT molecular complexity index is 929. The van der Waals surface area contributed by atoms with Crippen LogP contribution in [-0.2, 0) is 19.2 Å². The molecule has 4 bridgehead atoms. The van der Waals surface area contributed by atoms with E-state index < -0.39 is 5.92 Å². The minimum Gasteiger partial charge on any atom is -0.268 e. The van der Waals surface area contributed by atoms with Gasteiger partial charge in [-0.3, -0.25) is 19.2 Å². The molecule has 0 N–H and O–H groups in total. The molecule has 0 aromatic carbocycles. The fraction of sp³-hybridized carbons (Fsp3) is 0.778. The molecule has 0 aromatic rings. The highest BCUT2D eigenvalue weighted by Gasteiger charge is 2.45. The lowest BCUT2D eigenvalue weighted by Crippen LogP contribution is -2.25. The van der Waals surface area contributed by atoms with E-state index in [1.54, 1.807) is 0 Å². The second-order valence-corrected chi connectivity index (χ2v) is 15.0. The van der Waals surface area contributed by atoms with Crippen molar-refractivity contribution in [3.05, 3.63) is 23.3 Å². The number of fused-ring (bicyclic) bond motifs is 4. The van der Waals surface area contributed by atoms with Crippen LogP contribution >= 0.6 is 22.0 Å². The van der Waals surface area contributed by atoms with E-state index in [9.17, 15) is 19.2 Å². The zero-order valence-electron chi connectivity index (χ0n) is 27.5. The molecular formula is C36H58N2O4S2. The molecule has 1 fully saturated rings. The number of hydrogen-bond donors (Lipinski definition) is 0. The number of hydrogen-bond acceptors (Lipinski definition) is 6. The Labute approximate surface area is 275 Å². The Balaban J connectivity index is 1.10. The molecule has 3 heterocycles. The third-order valence-electron chi connectivity index (χ3n) is 9.35. The summed E-state index contributed by atoms with van der Waals surface area (Å²) in [6, 6.07) is 0. The van der Waals surface area contributed by atoms with Gasteiger partial charge in [-0.1, -0.05) is 167 Å². The van der Waals surface area contributed by atoms with Gasteiger partial charge in [0.15, 0.2) is 0 Å². The fourth-order valence-electron chi connectivity index (χ4n) is 6.61. The van der Waals surface area contributed by atoms with Crippen molar-refractivity contribution in [1.29, 1.82) is 0 Å². The van der Waals surface area contributed by atoms with Crippen LogP contribution in [0.25, 0.3) is 0 Å². The zero-order chi connectivity index (χ0) is 31.4. The maximum absolute atomic E-state index is 12.8. The molecule has 1 saturated heterocycles. The monoisotopic (exact) mass is 646 g/mol. The van der Waals surface area contributed by atoms with E-state index in [1.807, 2.05) is 0 Å². The minimum atomic E-state index is -0.485. The molecule has 0 aliphatic carbocycles. The molecule has 3 aliphatic rings. The topological polar surface area (TPSA) is 74.8 Å². The molecule has 4 amide bonds. The third-order valence-corrected chi connectivity index (χ3v) is 11.5. The van der Waals surface area contributed by atoms with Crippen LogP contribution in [0.15, 0.2) is 23.3 Å². The van der Waals surface area contributed by atoms with E-state index >= 15 is 0 Å². The zero-order valence-corrected chi connectivity index (χ0v) is 29.1. The SMILES string of the molecule is CCCCCCCCCCCCCCCCCCCCCCCCCCCC1C2=CC(=O)N(SSN3C(=O)C=C1C3=O)C2=O. The third kappa shape index (κ3) is 12.7. The maximum atomic E-state index is 12.8. The van der Waals surface area contributed by atoms with Crippen LogP contribution in [0, 0.1) is 5.92 Å². The summed E-state index contributed by atoms with van der Waals surface area (Å²) in [6.07, 6.45) is 37.0. The van der Waals surface area contributed by atoms with Crippen LogP contribution in [0.2, 0.25) is 0 Å². The van der Waals surface area contributed by atoms with Crippen molar-refractivity contribution in [3.63, 3.8) is 0 Å². The molecule has 0 spiro atoms. The number of nitrogens with zero attached hydrogens (tertiary/aromatic N) is 2. The molecule has 0 unspecified atom stereocenters. The molecule has 0 radical (unpaired) electrons. The van der Waals surface area contributed by atoms with Crippen molar-refractivity contribution in [1.82, 2.24) is 8.61 Å². The summed E-state index contributed by atoms with van der Waals surface area (Å²) in [6.45, 7) is 2.29. The molecule has 3 rings (SSSR count).